The first-order chi connectivity index (χ1) is 9.24. The number of anilines is 1. The minimum Gasteiger partial charge on any atom is -0.396 e. The number of benzene rings is 1. The molecule has 0 spiro atoms. The molecular weight excluding hydrogens is 304 g/mol. The third-order valence-corrected chi connectivity index (χ3v) is 3.18. The molecule has 0 aliphatic carbocycles. The van der Waals surface area contributed by atoms with Gasteiger partial charge in [-0.1, -0.05) is 36.4 Å². The fourth-order valence-corrected chi connectivity index (χ4v) is 2.30. The maximum absolute atomic E-state index is 5.90. The van der Waals surface area contributed by atoms with Crippen LogP contribution in [0.4, 0.5) is 5.69 Å². The maximum Gasteiger partial charge on any atom is 0.184 e. The lowest BCUT2D eigenvalue weighted by Crippen LogP contribution is -1.94. The molecule has 19 heavy (non-hydrogen) atoms. The summed E-state index contributed by atoms with van der Waals surface area (Å²) in [4.78, 5) is 0. The van der Waals surface area contributed by atoms with Crippen molar-refractivity contribution in [3.63, 3.8) is 0 Å². The monoisotopic (exact) mass is 314 g/mol. The number of fused-ring (bicyclic) bond motifs is 1. The molecule has 94 valence electrons. The average Bonchev–Trinajstić information content (AvgIpc) is 2.81. The van der Waals surface area contributed by atoms with E-state index in [-0.39, 0.29) is 0 Å². The van der Waals surface area contributed by atoms with Crippen LogP contribution in [0.2, 0.25) is 0 Å². The lowest BCUT2D eigenvalue weighted by Gasteiger charge is -1.99. The summed E-state index contributed by atoms with van der Waals surface area (Å²) in [6.07, 6.45) is 5.81. The summed E-state index contributed by atoms with van der Waals surface area (Å²) < 4.78 is 2.76. The number of pyridine rings is 1. The number of nitrogens with zero attached hydrogens (tertiary/aromatic N) is 3. The molecule has 2 N–H and O–H groups in total. The Labute approximate surface area is 118 Å². The highest BCUT2D eigenvalue weighted by Crippen LogP contribution is 2.20. The van der Waals surface area contributed by atoms with Crippen molar-refractivity contribution >= 4 is 39.4 Å². The van der Waals surface area contributed by atoms with Crippen LogP contribution in [-0.4, -0.2) is 14.6 Å². The van der Waals surface area contributed by atoms with Gasteiger partial charge in [0, 0.05) is 10.7 Å². The van der Waals surface area contributed by atoms with Crippen molar-refractivity contribution in [2.75, 3.05) is 5.73 Å². The molecule has 0 bridgehead atoms. The first-order valence-corrected chi connectivity index (χ1v) is 6.56. The number of halogens is 1. The molecule has 0 unspecified atom stereocenters. The van der Waals surface area contributed by atoms with Crippen LogP contribution in [0.3, 0.4) is 0 Å². The van der Waals surface area contributed by atoms with Crippen LogP contribution < -0.4 is 5.73 Å². The van der Waals surface area contributed by atoms with E-state index in [1.807, 2.05) is 59.1 Å². The first kappa shape index (κ1) is 11.9. The minimum atomic E-state index is 0.598. The molecule has 0 saturated heterocycles. The van der Waals surface area contributed by atoms with Gasteiger partial charge < -0.3 is 5.73 Å². The van der Waals surface area contributed by atoms with Crippen LogP contribution in [0, 0.1) is 0 Å². The standard InChI is InChI=1S/C14H11BrN4/c15-11-8-12(16)14-18-17-13(19(14)9-11)7-6-10-4-2-1-3-5-10/h1-9H,16H2/b7-6+. The van der Waals surface area contributed by atoms with E-state index in [9.17, 15) is 0 Å². The summed E-state index contributed by atoms with van der Waals surface area (Å²) in [5.74, 6) is 0.742. The quantitative estimate of drug-likeness (QED) is 0.790. The smallest absolute Gasteiger partial charge is 0.184 e. The molecule has 0 atom stereocenters. The highest BCUT2D eigenvalue weighted by atomic mass is 79.9. The second-order valence-electron chi connectivity index (χ2n) is 4.11. The minimum absolute atomic E-state index is 0.598. The van der Waals surface area contributed by atoms with E-state index >= 15 is 0 Å². The van der Waals surface area contributed by atoms with Crippen LogP contribution in [0.1, 0.15) is 11.4 Å². The fourth-order valence-electron chi connectivity index (χ4n) is 1.85. The maximum atomic E-state index is 5.90. The molecule has 2 aromatic heterocycles. The molecule has 2 heterocycles. The molecule has 3 aromatic rings. The topological polar surface area (TPSA) is 56.2 Å². The van der Waals surface area contributed by atoms with Crippen molar-refractivity contribution in [3.8, 4) is 0 Å². The van der Waals surface area contributed by atoms with E-state index in [2.05, 4.69) is 26.1 Å². The number of hydrogen-bond donors (Lipinski definition) is 1. The van der Waals surface area contributed by atoms with Gasteiger partial charge in [0.1, 0.15) is 0 Å². The zero-order valence-corrected chi connectivity index (χ0v) is 11.6. The predicted octanol–water partition coefficient (Wildman–Crippen LogP) is 3.24. The molecule has 4 nitrogen and oxygen atoms in total. The Morgan fingerprint density at radius 1 is 1.11 bits per heavy atom. The van der Waals surface area contributed by atoms with Gasteiger partial charge in [-0.2, -0.15) is 0 Å². The van der Waals surface area contributed by atoms with Gasteiger partial charge in [-0.15, -0.1) is 10.2 Å². The van der Waals surface area contributed by atoms with Crippen molar-refractivity contribution in [1.29, 1.82) is 0 Å². The average molecular weight is 315 g/mol. The molecule has 3 rings (SSSR count). The predicted molar refractivity (Wildman–Crippen MR) is 80.5 cm³/mol. The van der Waals surface area contributed by atoms with E-state index in [0.717, 1.165) is 15.9 Å². The zero-order chi connectivity index (χ0) is 13.2. The van der Waals surface area contributed by atoms with Gasteiger partial charge in [-0.25, -0.2) is 0 Å². The molecule has 0 amide bonds. The Morgan fingerprint density at radius 2 is 1.89 bits per heavy atom. The highest BCUT2D eigenvalue weighted by Gasteiger charge is 2.06. The second kappa shape index (κ2) is 4.85. The lowest BCUT2D eigenvalue weighted by atomic mass is 10.2. The van der Waals surface area contributed by atoms with Gasteiger partial charge in [0.25, 0.3) is 0 Å². The van der Waals surface area contributed by atoms with Crippen LogP contribution in [0.5, 0.6) is 0 Å². The molecule has 1 aromatic carbocycles. The Morgan fingerprint density at radius 3 is 2.68 bits per heavy atom. The Bertz CT molecular complexity index is 747. The van der Waals surface area contributed by atoms with Crippen LogP contribution in [0.15, 0.2) is 47.1 Å². The van der Waals surface area contributed by atoms with E-state index in [1.54, 1.807) is 0 Å². The Kier molecular flexibility index (Phi) is 3.05. The summed E-state index contributed by atoms with van der Waals surface area (Å²) in [6, 6.07) is 11.9. The number of rotatable bonds is 2. The van der Waals surface area contributed by atoms with Crippen molar-refractivity contribution in [1.82, 2.24) is 14.6 Å². The van der Waals surface area contributed by atoms with Gasteiger partial charge in [0.15, 0.2) is 11.5 Å². The SMILES string of the molecule is Nc1cc(Br)cn2c(/C=C/c3ccccc3)nnc12. The largest absolute Gasteiger partial charge is 0.396 e. The number of nitrogens with two attached hydrogens (primary N) is 1. The van der Waals surface area contributed by atoms with E-state index < -0.39 is 0 Å². The van der Waals surface area contributed by atoms with Crippen LogP contribution in [-0.2, 0) is 0 Å². The zero-order valence-electron chi connectivity index (χ0n) is 9.99. The van der Waals surface area contributed by atoms with Gasteiger partial charge in [0.2, 0.25) is 0 Å². The van der Waals surface area contributed by atoms with Crippen molar-refractivity contribution in [2.24, 2.45) is 0 Å². The lowest BCUT2D eigenvalue weighted by molar-refractivity contribution is 1.07. The Hall–Kier alpha value is -2.14. The summed E-state index contributed by atoms with van der Waals surface area (Å²) in [6.45, 7) is 0. The normalized spacial score (nSPS) is 11.4. The molecule has 0 radical (unpaired) electrons. The Balaban J connectivity index is 2.04. The van der Waals surface area contributed by atoms with Crippen molar-refractivity contribution in [3.05, 3.63) is 58.5 Å². The second-order valence-corrected chi connectivity index (χ2v) is 5.03. The van der Waals surface area contributed by atoms with Gasteiger partial charge in [0.05, 0.1) is 5.69 Å². The fraction of sp³-hybridized carbons (Fsp3) is 0. The first-order valence-electron chi connectivity index (χ1n) is 5.77. The highest BCUT2D eigenvalue weighted by molar-refractivity contribution is 9.10. The summed E-state index contributed by atoms with van der Waals surface area (Å²) in [5, 5.41) is 8.23. The molecule has 0 aliphatic heterocycles. The molecular formula is C14H11BrN4. The molecule has 0 saturated carbocycles. The van der Waals surface area contributed by atoms with Crippen LogP contribution in [0.25, 0.3) is 17.8 Å². The number of nitrogen functional groups attached to an aromatic ring is 1. The van der Waals surface area contributed by atoms with E-state index in [1.165, 1.54) is 0 Å². The summed E-state index contributed by atoms with van der Waals surface area (Å²) in [7, 11) is 0. The molecule has 0 fully saturated rings. The van der Waals surface area contributed by atoms with E-state index in [4.69, 9.17) is 5.73 Å². The van der Waals surface area contributed by atoms with Crippen molar-refractivity contribution < 1.29 is 0 Å². The van der Waals surface area contributed by atoms with E-state index in [0.29, 0.717) is 11.3 Å². The van der Waals surface area contributed by atoms with Crippen LogP contribution >= 0.6 is 15.9 Å². The van der Waals surface area contributed by atoms with Gasteiger partial charge in [-0.05, 0) is 33.6 Å². The molecule has 5 heteroatoms. The summed E-state index contributed by atoms with van der Waals surface area (Å²) in [5.41, 5.74) is 8.27. The third kappa shape index (κ3) is 2.37. The summed E-state index contributed by atoms with van der Waals surface area (Å²) >= 11 is 3.42. The third-order valence-electron chi connectivity index (χ3n) is 2.75. The number of hydrogen-bond acceptors (Lipinski definition) is 3. The van der Waals surface area contributed by atoms with Gasteiger partial charge in [-0.3, -0.25) is 4.40 Å². The van der Waals surface area contributed by atoms with Gasteiger partial charge >= 0.3 is 0 Å². The number of aromatic nitrogens is 3. The molecule has 0 aliphatic rings. The van der Waals surface area contributed by atoms with Crippen molar-refractivity contribution in [2.45, 2.75) is 0 Å².